The number of anilines is 1. The number of unbranched alkanes of at least 4 members (excludes halogenated alkanes) is 2. The third-order valence-corrected chi connectivity index (χ3v) is 5.63. The number of aliphatic hydroxyl groups excluding tert-OH is 1. The summed E-state index contributed by atoms with van der Waals surface area (Å²) in [4.78, 5) is 36.7. The number of hydrogen-bond donors (Lipinski definition) is 3. The number of nitrogen functional groups attached to an aromatic ring is 1. The highest BCUT2D eigenvalue weighted by Gasteiger charge is 2.15. The van der Waals surface area contributed by atoms with Crippen LogP contribution in [0.4, 0.5) is 5.82 Å². The van der Waals surface area contributed by atoms with Gasteiger partial charge in [0.2, 0.25) is 0 Å². The Hall–Kier alpha value is -3.44. The second-order valence-corrected chi connectivity index (χ2v) is 8.45. The molecule has 11 nitrogen and oxygen atoms in total. The Morgan fingerprint density at radius 1 is 1.23 bits per heavy atom. The quantitative estimate of drug-likeness (QED) is 0.259. The maximum atomic E-state index is 12.5. The SMILES string of the molecule is CCCCOc1nc(N)c2[nH]c(=O)n(CCCCN(CCO)Cc3cccc(CC(=O)[O-])c3)c2n1. The summed E-state index contributed by atoms with van der Waals surface area (Å²) in [5.41, 5.74) is 8.17. The first kappa shape index (κ1) is 26.2. The molecule has 0 spiro atoms. The topological polar surface area (TPSA) is 162 Å². The molecule has 0 radical (unpaired) electrons. The number of carboxylic acids is 1. The Labute approximate surface area is 203 Å². The zero-order chi connectivity index (χ0) is 25.2. The third-order valence-electron chi connectivity index (χ3n) is 5.63. The number of aliphatic hydroxyl groups is 1. The number of aryl methyl sites for hydroxylation is 1. The molecule has 190 valence electrons. The minimum atomic E-state index is -1.12. The van der Waals surface area contributed by atoms with Gasteiger partial charge in [0.1, 0.15) is 5.52 Å². The predicted octanol–water partition coefficient (Wildman–Crippen LogP) is 0.448. The van der Waals surface area contributed by atoms with Gasteiger partial charge in [-0.15, -0.1) is 0 Å². The number of fused-ring (bicyclic) bond motifs is 1. The highest BCUT2D eigenvalue weighted by Crippen LogP contribution is 2.18. The Morgan fingerprint density at radius 3 is 2.77 bits per heavy atom. The molecule has 3 aromatic rings. The average Bonchev–Trinajstić information content (AvgIpc) is 3.12. The molecule has 4 N–H and O–H groups in total. The lowest BCUT2D eigenvalue weighted by Gasteiger charge is -2.21. The third kappa shape index (κ3) is 7.52. The minimum absolute atomic E-state index is 0.0116. The molecule has 0 aliphatic carbocycles. The number of carbonyl (C=O) groups excluding carboxylic acids is 1. The van der Waals surface area contributed by atoms with E-state index in [1.807, 2.05) is 18.2 Å². The second-order valence-electron chi connectivity index (χ2n) is 8.45. The van der Waals surface area contributed by atoms with Crippen LogP contribution in [0.5, 0.6) is 6.01 Å². The molecule has 0 unspecified atom stereocenters. The molecule has 0 saturated heterocycles. The van der Waals surface area contributed by atoms with Gasteiger partial charge in [-0.2, -0.15) is 9.97 Å². The normalized spacial score (nSPS) is 11.4. The molecule has 2 heterocycles. The van der Waals surface area contributed by atoms with E-state index in [9.17, 15) is 19.8 Å². The van der Waals surface area contributed by atoms with Crippen molar-refractivity contribution in [3.63, 3.8) is 0 Å². The van der Waals surface area contributed by atoms with Crippen LogP contribution in [0, 0.1) is 0 Å². The standard InChI is InChI=1S/C24H34N6O5/c1-2-3-13-35-23-27-21(25)20-22(28-23)30(24(34)26-20)10-5-4-9-29(11-12-31)16-18-8-6-7-17(14-18)15-19(32)33/h6-8,14,31H,2-5,9-13,15-16H2,1H3,(H,26,34)(H,32,33)(H2,25,27,28)/p-1. The van der Waals surface area contributed by atoms with Gasteiger partial charge in [-0.3, -0.25) is 9.47 Å². The van der Waals surface area contributed by atoms with E-state index in [0.717, 1.165) is 24.8 Å². The van der Waals surface area contributed by atoms with Crippen LogP contribution in [0.15, 0.2) is 29.1 Å². The smallest absolute Gasteiger partial charge is 0.327 e. The predicted molar refractivity (Wildman–Crippen MR) is 130 cm³/mol. The molecule has 0 atom stereocenters. The first-order valence-corrected chi connectivity index (χ1v) is 11.9. The van der Waals surface area contributed by atoms with Crippen molar-refractivity contribution < 1.29 is 19.7 Å². The van der Waals surface area contributed by atoms with E-state index in [1.165, 1.54) is 0 Å². The highest BCUT2D eigenvalue weighted by atomic mass is 16.5. The van der Waals surface area contributed by atoms with E-state index in [-0.39, 0.29) is 30.5 Å². The number of nitrogens with two attached hydrogens (primary N) is 1. The molecule has 1 aromatic carbocycles. The molecular formula is C24H33N6O5-. The molecule has 0 bridgehead atoms. The largest absolute Gasteiger partial charge is 0.550 e. The van der Waals surface area contributed by atoms with Gasteiger partial charge in [-0.05, 0) is 36.9 Å². The summed E-state index contributed by atoms with van der Waals surface area (Å²) in [6.07, 6.45) is 3.19. The van der Waals surface area contributed by atoms with Crippen molar-refractivity contribution in [1.82, 2.24) is 24.4 Å². The number of imidazole rings is 1. The first-order valence-electron chi connectivity index (χ1n) is 11.9. The molecule has 0 amide bonds. The van der Waals surface area contributed by atoms with Crippen molar-refractivity contribution in [2.75, 3.05) is 32.0 Å². The van der Waals surface area contributed by atoms with E-state index < -0.39 is 5.97 Å². The number of nitrogens with zero attached hydrogens (tertiary/aromatic N) is 4. The summed E-state index contributed by atoms with van der Waals surface area (Å²) >= 11 is 0. The summed E-state index contributed by atoms with van der Waals surface area (Å²) in [6.45, 7) is 4.76. The monoisotopic (exact) mass is 485 g/mol. The number of ether oxygens (including phenoxy) is 1. The fourth-order valence-electron chi connectivity index (χ4n) is 3.89. The van der Waals surface area contributed by atoms with Crippen molar-refractivity contribution in [3.05, 3.63) is 45.9 Å². The van der Waals surface area contributed by atoms with Gasteiger partial charge >= 0.3 is 11.7 Å². The number of benzene rings is 1. The molecule has 11 heteroatoms. The van der Waals surface area contributed by atoms with Crippen LogP contribution in [0.3, 0.4) is 0 Å². The van der Waals surface area contributed by atoms with Crippen molar-refractivity contribution in [2.24, 2.45) is 0 Å². The van der Waals surface area contributed by atoms with Crippen LogP contribution in [0.1, 0.15) is 43.7 Å². The Bertz CT molecular complexity index is 1170. The number of carbonyl (C=O) groups is 1. The van der Waals surface area contributed by atoms with Gasteiger partial charge in [0.25, 0.3) is 0 Å². The van der Waals surface area contributed by atoms with Crippen molar-refractivity contribution in [3.8, 4) is 6.01 Å². The van der Waals surface area contributed by atoms with E-state index >= 15 is 0 Å². The number of carboxylic acid groups (broad SMARTS) is 1. The zero-order valence-corrected chi connectivity index (χ0v) is 20.0. The molecule has 0 fully saturated rings. The molecule has 0 aliphatic heterocycles. The first-order chi connectivity index (χ1) is 16.9. The summed E-state index contributed by atoms with van der Waals surface area (Å²) in [6, 6.07) is 7.51. The van der Waals surface area contributed by atoms with Gasteiger partial charge in [-0.25, -0.2) is 4.79 Å². The molecule has 2 aromatic heterocycles. The van der Waals surface area contributed by atoms with Gasteiger partial charge in [0.15, 0.2) is 11.5 Å². The molecular weight excluding hydrogens is 452 g/mol. The van der Waals surface area contributed by atoms with Crippen molar-refractivity contribution >= 4 is 23.0 Å². The van der Waals surface area contributed by atoms with Crippen LogP contribution in [0.2, 0.25) is 0 Å². The lowest BCUT2D eigenvalue weighted by molar-refractivity contribution is -0.304. The maximum Gasteiger partial charge on any atom is 0.327 e. The Morgan fingerprint density at radius 2 is 2.03 bits per heavy atom. The summed E-state index contributed by atoms with van der Waals surface area (Å²) in [5.74, 6) is -0.944. The van der Waals surface area contributed by atoms with E-state index in [2.05, 4.69) is 26.8 Å². The number of hydrogen-bond acceptors (Lipinski definition) is 9. The molecule has 0 saturated carbocycles. The maximum absolute atomic E-state index is 12.5. The molecule has 0 aliphatic rings. The number of aromatic amines is 1. The molecule has 3 rings (SSSR count). The van der Waals surface area contributed by atoms with Gasteiger partial charge in [-0.1, -0.05) is 37.6 Å². The van der Waals surface area contributed by atoms with Crippen LogP contribution >= 0.6 is 0 Å². The van der Waals surface area contributed by atoms with Gasteiger partial charge < -0.3 is 30.5 Å². The number of aromatic nitrogens is 4. The Kier molecular flexibility index (Phi) is 9.62. The second kappa shape index (κ2) is 12.9. The number of rotatable bonds is 15. The average molecular weight is 486 g/mol. The Balaban J connectivity index is 1.61. The van der Waals surface area contributed by atoms with E-state index in [0.29, 0.717) is 55.9 Å². The van der Waals surface area contributed by atoms with Gasteiger partial charge in [0.05, 0.1) is 13.2 Å². The van der Waals surface area contributed by atoms with Crippen LogP contribution < -0.4 is 21.3 Å². The fourth-order valence-corrected chi connectivity index (χ4v) is 3.89. The van der Waals surface area contributed by atoms with Crippen LogP contribution in [-0.2, 0) is 24.3 Å². The summed E-state index contributed by atoms with van der Waals surface area (Å²) < 4.78 is 7.11. The molecule has 35 heavy (non-hydrogen) atoms. The van der Waals surface area contributed by atoms with E-state index in [1.54, 1.807) is 10.6 Å². The van der Waals surface area contributed by atoms with Crippen LogP contribution in [0.25, 0.3) is 11.2 Å². The lowest BCUT2D eigenvalue weighted by Crippen LogP contribution is -2.28. The van der Waals surface area contributed by atoms with Crippen molar-refractivity contribution in [1.29, 1.82) is 0 Å². The lowest BCUT2D eigenvalue weighted by atomic mass is 10.1. The number of H-pyrrole nitrogens is 1. The van der Waals surface area contributed by atoms with Crippen molar-refractivity contribution in [2.45, 2.75) is 52.1 Å². The highest BCUT2D eigenvalue weighted by molar-refractivity contribution is 5.81. The number of aliphatic carboxylic acids is 1. The fraction of sp³-hybridized carbons (Fsp3) is 0.500. The summed E-state index contributed by atoms with van der Waals surface area (Å²) in [7, 11) is 0. The van der Waals surface area contributed by atoms with Crippen LogP contribution in [-0.4, -0.2) is 61.8 Å². The number of nitrogens with one attached hydrogen (secondary N) is 1. The summed E-state index contributed by atoms with van der Waals surface area (Å²) in [5, 5.41) is 20.3. The van der Waals surface area contributed by atoms with E-state index in [4.69, 9.17) is 10.5 Å². The minimum Gasteiger partial charge on any atom is -0.550 e. The zero-order valence-electron chi connectivity index (χ0n) is 20.0. The van der Waals surface area contributed by atoms with Gasteiger partial charge in [0, 0.05) is 32.0 Å².